The number of benzene rings is 11. The maximum absolute atomic E-state index is 5.44. The number of rotatable bonds is 7. The molecule has 0 N–H and O–H groups in total. The van der Waals surface area contributed by atoms with E-state index in [0.29, 0.717) is 17.1 Å². The molecule has 0 aliphatic heterocycles. The number of nitrogens with zero attached hydrogens (tertiary/aromatic N) is 5. The quantitative estimate of drug-likeness (QED) is 0.118. The van der Waals surface area contributed by atoms with Crippen LogP contribution >= 0.6 is 0 Å². The van der Waals surface area contributed by atoms with E-state index in [0.717, 1.165) is 60.3 Å². The van der Waals surface area contributed by atoms with Crippen LogP contribution in [0.2, 0.25) is 0 Å². The molecule has 75 heavy (non-hydrogen) atoms. The molecule has 0 spiro atoms. The Morgan fingerprint density at radius 1 is 0.267 bits per heavy atom. The summed E-state index contributed by atoms with van der Waals surface area (Å²) in [7, 11) is -2.76. The number of fused-ring (bicyclic) bond motifs is 17. The third-order valence-electron chi connectivity index (χ3n) is 15.5. The van der Waals surface area contributed by atoms with Crippen molar-refractivity contribution in [3.05, 3.63) is 273 Å². The van der Waals surface area contributed by atoms with E-state index in [1.54, 1.807) is 0 Å². The van der Waals surface area contributed by atoms with Gasteiger partial charge in [0.2, 0.25) is 0 Å². The van der Waals surface area contributed by atoms with E-state index >= 15 is 0 Å². The molecule has 0 aliphatic carbocycles. The second kappa shape index (κ2) is 17.2. The normalized spacial score (nSPS) is 12.0. The largest absolute Gasteiger partial charge is 0.309 e. The highest BCUT2D eigenvalue weighted by molar-refractivity contribution is 7.19. The molecule has 0 aliphatic rings. The lowest BCUT2D eigenvalue weighted by Gasteiger charge is -2.34. The second-order valence-electron chi connectivity index (χ2n) is 19.5. The van der Waals surface area contributed by atoms with Crippen LogP contribution in [0.3, 0.4) is 0 Å². The van der Waals surface area contributed by atoms with Crippen molar-refractivity contribution >= 4 is 116 Å². The Morgan fingerprint density at radius 3 is 1.25 bits per heavy atom. The van der Waals surface area contributed by atoms with Gasteiger partial charge < -0.3 is 9.13 Å². The van der Waals surface area contributed by atoms with Crippen LogP contribution in [0.5, 0.6) is 0 Å². The summed E-state index contributed by atoms with van der Waals surface area (Å²) in [6.45, 7) is 0. The van der Waals surface area contributed by atoms with Gasteiger partial charge in [-0.1, -0.05) is 224 Å². The van der Waals surface area contributed by atoms with Gasteiger partial charge in [-0.2, -0.15) is 0 Å². The van der Waals surface area contributed by atoms with Gasteiger partial charge in [-0.05, 0) is 85.4 Å². The molecule has 15 rings (SSSR count). The van der Waals surface area contributed by atoms with Gasteiger partial charge in [0.15, 0.2) is 25.2 Å². The standard InChI is InChI=1S/C69H45N5Si/c1-5-21-48(22-6-1)74-65-45-49(73-63-35-19-17-31-56(63)57-32-18-20-36-64(57)73)39-42-58(65)62-44-47-43-61(66(62)74)55-30-14-16-34-60(55)69-71-67(70-68(72-69)59-33-15-13-29-54(47)59)46-37-40-53(41-38-46)75(50-23-7-2-8-24-50,51-25-9-3-10-26-51)52-27-11-4-12-28-52/h1-45H. The lowest BCUT2D eigenvalue weighted by molar-refractivity contribution is 1.16. The summed E-state index contributed by atoms with van der Waals surface area (Å²) >= 11 is 0. The molecule has 11 aromatic carbocycles. The van der Waals surface area contributed by atoms with Gasteiger partial charge in [0, 0.05) is 54.6 Å². The molecule has 4 aromatic heterocycles. The Bertz CT molecular complexity index is 4590. The third kappa shape index (κ3) is 6.67. The van der Waals surface area contributed by atoms with Crippen LogP contribution in [0.1, 0.15) is 0 Å². The van der Waals surface area contributed by atoms with E-state index in [9.17, 15) is 0 Å². The Morgan fingerprint density at radius 2 is 0.693 bits per heavy atom. The fourth-order valence-corrected chi connectivity index (χ4v) is 16.9. The van der Waals surface area contributed by atoms with Crippen molar-refractivity contribution in [2.45, 2.75) is 0 Å². The highest BCUT2D eigenvalue weighted by atomic mass is 28.3. The topological polar surface area (TPSA) is 48.5 Å². The first-order valence-electron chi connectivity index (χ1n) is 25.6. The molecule has 15 aromatic rings. The molecule has 350 valence electrons. The summed E-state index contributed by atoms with van der Waals surface area (Å²) < 4.78 is 4.87. The van der Waals surface area contributed by atoms with E-state index < -0.39 is 8.07 Å². The van der Waals surface area contributed by atoms with Crippen molar-refractivity contribution in [2.75, 3.05) is 0 Å². The average Bonchev–Trinajstić information content (AvgIpc) is 4.06. The summed E-state index contributed by atoms with van der Waals surface area (Å²) in [5, 5.41) is 16.3. The van der Waals surface area contributed by atoms with Crippen LogP contribution < -0.4 is 20.7 Å². The third-order valence-corrected chi connectivity index (χ3v) is 20.3. The van der Waals surface area contributed by atoms with Crippen LogP contribution in [0, 0.1) is 0 Å². The predicted molar refractivity (Wildman–Crippen MR) is 316 cm³/mol. The summed E-state index contributed by atoms with van der Waals surface area (Å²) in [6.07, 6.45) is 0. The van der Waals surface area contributed by atoms with Crippen LogP contribution in [-0.4, -0.2) is 32.2 Å². The first kappa shape index (κ1) is 42.9. The van der Waals surface area contributed by atoms with Gasteiger partial charge in [-0.3, -0.25) is 0 Å². The van der Waals surface area contributed by atoms with Gasteiger partial charge >= 0.3 is 0 Å². The first-order valence-corrected chi connectivity index (χ1v) is 27.6. The van der Waals surface area contributed by atoms with Crippen molar-refractivity contribution < 1.29 is 0 Å². The molecule has 0 unspecified atom stereocenters. The lowest BCUT2D eigenvalue weighted by Crippen LogP contribution is -2.74. The maximum Gasteiger partial charge on any atom is 0.179 e. The van der Waals surface area contributed by atoms with Gasteiger partial charge in [0.25, 0.3) is 0 Å². The van der Waals surface area contributed by atoms with Crippen LogP contribution in [0.25, 0.3) is 110 Å². The Hall–Kier alpha value is -9.75. The van der Waals surface area contributed by atoms with Crippen molar-refractivity contribution in [2.24, 2.45) is 0 Å². The fourth-order valence-electron chi connectivity index (χ4n) is 12.2. The molecule has 4 heterocycles. The van der Waals surface area contributed by atoms with Crippen LogP contribution in [0.4, 0.5) is 0 Å². The Balaban J connectivity index is 1.01. The van der Waals surface area contributed by atoms with E-state index in [2.05, 4.69) is 282 Å². The van der Waals surface area contributed by atoms with Crippen molar-refractivity contribution in [1.29, 1.82) is 0 Å². The fraction of sp³-hybridized carbons (Fsp3) is 0. The summed E-state index contributed by atoms with van der Waals surface area (Å²) in [4.78, 5) is 16.2. The van der Waals surface area contributed by atoms with E-state index in [-0.39, 0.29) is 0 Å². The van der Waals surface area contributed by atoms with Gasteiger partial charge in [-0.25, -0.2) is 15.0 Å². The van der Waals surface area contributed by atoms with Crippen molar-refractivity contribution in [3.63, 3.8) is 0 Å². The van der Waals surface area contributed by atoms with E-state index in [1.807, 2.05) is 0 Å². The number of hydrogen-bond acceptors (Lipinski definition) is 3. The monoisotopic (exact) mass is 971 g/mol. The molecule has 0 amide bonds. The molecular formula is C69H45N5Si. The summed E-state index contributed by atoms with van der Waals surface area (Å²) in [5.41, 5.74) is 8.99. The first-order chi connectivity index (χ1) is 37.2. The van der Waals surface area contributed by atoms with E-state index in [4.69, 9.17) is 15.0 Å². The zero-order valence-electron chi connectivity index (χ0n) is 40.7. The van der Waals surface area contributed by atoms with Gasteiger partial charge in [0.05, 0.1) is 22.1 Å². The number of hydrogen-bond donors (Lipinski definition) is 0. The summed E-state index contributed by atoms with van der Waals surface area (Å²) in [5.74, 6) is 0.628. The predicted octanol–water partition coefficient (Wildman–Crippen LogP) is 14.3. The molecule has 4 bridgehead atoms. The zero-order chi connectivity index (χ0) is 49.5. The average molecular weight is 972 g/mol. The van der Waals surface area contributed by atoms with Gasteiger partial charge in [-0.15, -0.1) is 0 Å². The van der Waals surface area contributed by atoms with Crippen LogP contribution in [-0.2, 0) is 0 Å². The molecule has 0 atom stereocenters. The minimum atomic E-state index is -2.76. The number of aromatic nitrogens is 5. The summed E-state index contributed by atoms with van der Waals surface area (Å²) in [6, 6.07) is 99.4. The lowest BCUT2D eigenvalue weighted by atomic mass is 10.00. The van der Waals surface area contributed by atoms with Crippen molar-refractivity contribution in [1.82, 2.24) is 24.1 Å². The number of para-hydroxylation sites is 3. The zero-order valence-corrected chi connectivity index (χ0v) is 41.7. The molecule has 0 fully saturated rings. The Kier molecular flexibility index (Phi) is 9.83. The molecule has 0 saturated carbocycles. The molecule has 6 heteroatoms. The highest BCUT2D eigenvalue weighted by Crippen LogP contribution is 2.42. The molecular weight excluding hydrogens is 927 g/mol. The van der Waals surface area contributed by atoms with Crippen molar-refractivity contribution in [3.8, 4) is 22.8 Å². The molecule has 5 nitrogen and oxygen atoms in total. The maximum atomic E-state index is 5.44. The highest BCUT2D eigenvalue weighted by Gasteiger charge is 2.41. The smallest absolute Gasteiger partial charge is 0.179 e. The molecule has 0 saturated heterocycles. The Labute approximate surface area is 433 Å². The molecule has 0 radical (unpaired) electrons. The minimum Gasteiger partial charge on any atom is -0.309 e. The van der Waals surface area contributed by atoms with Crippen LogP contribution in [0.15, 0.2) is 273 Å². The second-order valence-corrected chi connectivity index (χ2v) is 23.3. The van der Waals surface area contributed by atoms with Gasteiger partial charge in [0.1, 0.15) is 0 Å². The minimum absolute atomic E-state index is 0.627. The SMILES string of the molecule is c1ccc(-n2c3cc(-n4c5ccccc5c5ccccc54)ccc3c3cc4cc(c5ccccc5c5nc(-c6ccc([Si](c7ccccc7)(c7ccccc7)c7ccccc7)cc6)nc(n5)c5ccccc45)c32)cc1. The van der Waals surface area contributed by atoms with E-state index in [1.165, 1.54) is 53.3 Å².